The molecule has 1 aliphatic heterocycles. The molecule has 2 aliphatic rings. The Kier molecular flexibility index (Phi) is 8.69. The van der Waals surface area contributed by atoms with Gasteiger partial charge in [0.1, 0.15) is 11.5 Å². The van der Waals surface area contributed by atoms with E-state index in [1.165, 1.54) is 43.0 Å². The molecule has 0 atom stereocenters. The first-order valence-electron chi connectivity index (χ1n) is 21.4. The zero-order valence-electron chi connectivity index (χ0n) is 34.3. The van der Waals surface area contributed by atoms with E-state index in [0.29, 0.717) is 17.5 Å². The molecule has 0 amide bonds. The van der Waals surface area contributed by atoms with Crippen LogP contribution in [0.25, 0.3) is 45.3 Å². The molecule has 12 rings (SSSR count). The number of aromatic nitrogens is 3. The molecule has 2 heterocycles. The number of ether oxygens (including phenoxy) is 1. The summed E-state index contributed by atoms with van der Waals surface area (Å²) in [5.41, 5.74) is 9.15. The molecule has 1 aromatic heterocycles. The summed E-state index contributed by atoms with van der Waals surface area (Å²) in [6.45, 7) is 0. The lowest BCUT2D eigenvalue weighted by atomic mass is 9.66. The summed E-state index contributed by atoms with van der Waals surface area (Å²) in [5.74, 6) is 3.31. The highest BCUT2D eigenvalue weighted by atomic mass is 28.3. The molecule has 0 radical (unpaired) electrons. The molecule has 5 heteroatoms. The van der Waals surface area contributed by atoms with E-state index in [1.807, 2.05) is 18.2 Å². The number of hydrogen-bond acceptors (Lipinski definition) is 4. The second kappa shape index (κ2) is 14.9. The molecule has 9 aromatic carbocycles. The van der Waals surface area contributed by atoms with Crippen LogP contribution in [0.2, 0.25) is 0 Å². The molecule has 63 heavy (non-hydrogen) atoms. The minimum Gasteiger partial charge on any atom is -0.456 e. The number of fused-ring (bicyclic) bond motifs is 9. The van der Waals surface area contributed by atoms with Gasteiger partial charge in [-0.2, -0.15) is 0 Å². The monoisotopic (exact) mass is 821 g/mol. The third kappa shape index (κ3) is 5.63. The number of hydrogen-bond donors (Lipinski definition) is 0. The van der Waals surface area contributed by atoms with E-state index >= 15 is 0 Å². The van der Waals surface area contributed by atoms with Crippen molar-refractivity contribution in [1.82, 2.24) is 15.0 Å². The second-order valence-electron chi connectivity index (χ2n) is 16.2. The van der Waals surface area contributed by atoms with Gasteiger partial charge in [-0.3, -0.25) is 0 Å². The third-order valence-electron chi connectivity index (χ3n) is 13.0. The van der Waals surface area contributed by atoms with Crippen molar-refractivity contribution in [1.29, 1.82) is 0 Å². The summed E-state index contributed by atoms with van der Waals surface area (Å²) in [5, 5.41) is 5.25. The van der Waals surface area contributed by atoms with Crippen LogP contribution < -0.4 is 25.5 Å². The maximum absolute atomic E-state index is 7.05. The van der Waals surface area contributed by atoms with Crippen molar-refractivity contribution in [2.45, 2.75) is 5.41 Å². The van der Waals surface area contributed by atoms with Gasteiger partial charge in [-0.05, 0) is 55.1 Å². The Labute approximate surface area is 367 Å². The first-order chi connectivity index (χ1) is 31.2. The summed E-state index contributed by atoms with van der Waals surface area (Å²) in [6, 6.07) is 84.6. The van der Waals surface area contributed by atoms with Gasteiger partial charge in [-0.25, -0.2) is 15.0 Å². The second-order valence-corrected chi connectivity index (χ2v) is 20.0. The third-order valence-corrected chi connectivity index (χ3v) is 17.8. The van der Waals surface area contributed by atoms with Gasteiger partial charge in [0.2, 0.25) is 0 Å². The molecule has 10 aromatic rings. The average molecular weight is 822 g/mol. The maximum atomic E-state index is 7.05. The van der Waals surface area contributed by atoms with E-state index in [4.69, 9.17) is 19.7 Å². The molecule has 4 nitrogen and oxygen atoms in total. The molecule has 0 saturated heterocycles. The van der Waals surface area contributed by atoms with Gasteiger partial charge in [0.15, 0.2) is 25.5 Å². The smallest absolute Gasteiger partial charge is 0.179 e. The van der Waals surface area contributed by atoms with Crippen LogP contribution in [0.3, 0.4) is 0 Å². The number of rotatable bonds is 7. The molecular weight excluding hydrogens is 783 g/mol. The van der Waals surface area contributed by atoms with Crippen LogP contribution in [0.4, 0.5) is 0 Å². The Balaban J connectivity index is 1.06. The van der Waals surface area contributed by atoms with Crippen LogP contribution in [-0.4, -0.2) is 23.0 Å². The fraction of sp³-hybridized carbons (Fsp3) is 0.0172. The van der Waals surface area contributed by atoms with Crippen LogP contribution in [0, 0.1) is 0 Å². The van der Waals surface area contributed by atoms with Gasteiger partial charge in [0, 0.05) is 22.3 Å². The summed E-state index contributed by atoms with van der Waals surface area (Å²) < 4.78 is 7.05. The van der Waals surface area contributed by atoms with Gasteiger partial charge in [-0.15, -0.1) is 0 Å². The fourth-order valence-electron chi connectivity index (χ4n) is 10.3. The molecule has 0 bridgehead atoms. The van der Waals surface area contributed by atoms with Crippen LogP contribution in [-0.2, 0) is 5.41 Å². The van der Waals surface area contributed by atoms with Crippen LogP contribution >= 0.6 is 0 Å². The topological polar surface area (TPSA) is 47.9 Å². The standard InChI is InChI=1S/C58H39N3OSi/c1-5-20-40(21-6-1)55-59-56(41-36-38-45(39-37-41)63(42-22-7-2-8-23-42,43-24-9-3-10-25-43)44-26-11-4-12-27-44)61-57(60-55)48-30-19-34-52-54(48)62-53-35-18-17-33-51(53)58(52)49-31-15-13-28-46(49)47-29-14-16-32-50(47)58/h1-39H. The highest BCUT2D eigenvalue weighted by molar-refractivity contribution is 7.19. The molecule has 1 spiro atoms. The number of nitrogens with zero attached hydrogens (tertiary/aromatic N) is 3. The lowest BCUT2D eigenvalue weighted by Gasteiger charge is -2.39. The van der Waals surface area contributed by atoms with Crippen molar-refractivity contribution in [3.63, 3.8) is 0 Å². The van der Waals surface area contributed by atoms with Crippen molar-refractivity contribution in [2.75, 3.05) is 0 Å². The maximum Gasteiger partial charge on any atom is 0.179 e. The van der Waals surface area contributed by atoms with Crippen molar-refractivity contribution < 1.29 is 4.74 Å². The average Bonchev–Trinajstić information content (AvgIpc) is 3.66. The van der Waals surface area contributed by atoms with Gasteiger partial charge in [0.25, 0.3) is 0 Å². The SMILES string of the molecule is c1ccc(-c2nc(-c3ccc([Si](c4ccccc4)(c4ccccc4)c4ccccc4)cc3)nc(-c3cccc4c3Oc3ccccc3C43c4ccccc4-c4ccccc43)n2)cc1. The van der Waals surface area contributed by atoms with Crippen molar-refractivity contribution in [3.05, 3.63) is 259 Å². The lowest BCUT2D eigenvalue weighted by Crippen LogP contribution is -2.74. The Hall–Kier alpha value is -7.99. The van der Waals surface area contributed by atoms with Gasteiger partial charge in [0.05, 0.1) is 11.0 Å². The van der Waals surface area contributed by atoms with E-state index in [9.17, 15) is 0 Å². The van der Waals surface area contributed by atoms with E-state index in [-0.39, 0.29) is 0 Å². The Morgan fingerprint density at radius 2 is 0.698 bits per heavy atom. The van der Waals surface area contributed by atoms with Crippen LogP contribution in [0.5, 0.6) is 11.5 Å². The molecular formula is C58H39N3OSi. The minimum absolute atomic E-state index is 0.551. The predicted molar refractivity (Wildman–Crippen MR) is 257 cm³/mol. The van der Waals surface area contributed by atoms with Crippen LogP contribution in [0.15, 0.2) is 237 Å². The van der Waals surface area contributed by atoms with E-state index in [1.54, 1.807) is 0 Å². The number of benzene rings is 9. The zero-order chi connectivity index (χ0) is 41.8. The van der Waals surface area contributed by atoms with Gasteiger partial charge < -0.3 is 4.74 Å². The molecule has 296 valence electrons. The minimum atomic E-state index is -2.73. The molecule has 0 unspecified atom stereocenters. The summed E-state index contributed by atoms with van der Waals surface area (Å²) >= 11 is 0. The van der Waals surface area contributed by atoms with Gasteiger partial charge >= 0.3 is 0 Å². The van der Waals surface area contributed by atoms with E-state index in [0.717, 1.165) is 39.3 Å². The normalized spacial score (nSPS) is 13.0. The number of para-hydroxylation sites is 2. The molecule has 1 aliphatic carbocycles. The van der Waals surface area contributed by atoms with Crippen LogP contribution in [0.1, 0.15) is 22.3 Å². The predicted octanol–water partition coefficient (Wildman–Crippen LogP) is 10.7. The fourth-order valence-corrected chi connectivity index (χ4v) is 15.1. The van der Waals surface area contributed by atoms with E-state index < -0.39 is 13.5 Å². The molecule has 0 N–H and O–H groups in total. The highest BCUT2D eigenvalue weighted by Gasteiger charge is 2.51. The first-order valence-corrected chi connectivity index (χ1v) is 23.4. The lowest BCUT2D eigenvalue weighted by molar-refractivity contribution is 0.437. The quantitative estimate of drug-likeness (QED) is 0.119. The largest absolute Gasteiger partial charge is 0.456 e. The Morgan fingerprint density at radius 3 is 1.25 bits per heavy atom. The Morgan fingerprint density at radius 1 is 0.302 bits per heavy atom. The summed E-state index contributed by atoms with van der Waals surface area (Å²) in [6.07, 6.45) is 0. The first kappa shape index (κ1) is 36.8. The van der Waals surface area contributed by atoms with Crippen molar-refractivity contribution >= 4 is 28.8 Å². The van der Waals surface area contributed by atoms with Crippen molar-refractivity contribution in [3.8, 4) is 56.8 Å². The Bertz CT molecular complexity index is 3160. The summed E-state index contributed by atoms with van der Waals surface area (Å²) in [4.78, 5) is 15.8. The van der Waals surface area contributed by atoms with Crippen molar-refractivity contribution in [2.24, 2.45) is 0 Å². The zero-order valence-corrected chi connectivity index (χ0v) is 35.3. The molecule has 0 saturated carbocycles. The molecule has 0 fully saturated rings. The highest BCUT2D eigenvalue weighted by Crippen LogP contribution is 2.63. The van der Waals surface area contributed by atoms with Gasteiger partial charge in [-0.1, -0.05) is 224 Å². The summed E-state index contributed by atoms with van der Waals surface area (Å²) in [7, 11) is -2.73. The van der Waals surface area contributed by atoms with E-state index in [2.05, 4.69) is 218 Å².